The first kappa shape index (κ1) is 11.8. The Kier molecular flexibility index (Phi) is 2.98. The van der Waals surface area contributed by atoms with Gasteiger partial charge in [-0.1, -0.05) is 18.6 Å². The van der Waals surface area contributed by atoms with Crippen LogP contribution in [-0.2, 0) is 0 Å². The van der Waals surface area contributed by atoms with Gasteiger partial charge in [0.25, 0.3) is 11.8 Å². The number of aliphatic hydroxyl groups excluding tert-OH is 1. The maximum Gasteiger partial charge on any atom is 0.261 e. The van der Waals surface area contributed by atoms with E-state index in [4.69, 9.17) is 0 Å². The molecule has 0 fully saturated rings. The summed E-state index contributed by atoms with van der Waals surface area (Å²) in [5.74, 6) is -0.597. The highest BCUT2D eigenvalue weighted by Crippen LogP contribution is 2.26. The van der Waals surface area contributed by atoms with Crippen molar-refractivity contribution in [3.05, 3.63) is 34.9 Å². The van der Waals surface area contributed by atoms with Gasteiger partial charge in [-0.2, -0.15) is 0 Å². The Balaban J connectivity index is 2.45. The second kappa shape index (κ2) is 4.30. The summed E-state index contributed by atoms with van der Waals surface area (Å²) in [6.45, 7) is 3.53. The normalized spacial score (nSPS) is 16.3. The fraction of sp³-hybridized carbons (Fsp3) is 0.385. The smallest absolute Gasteiger partial charge is 0.261 e. The Morgan fingerprint density at radius 2 is 1.88 bits per heavy atom. The van der Waals surface area contributed by atoms with Crippen molar-refractivity contribution in [2.24, 2.45) is 0 Å². The van der Waals surface area contributed by atoms with Crippen LogP contribution in [0.5, 0.6) is 0 Å². The second-order valence-corrected chi connectivity index (χ2v) is 4.27. The van der Waals surface area contributed by atoms with E-state index < -0.39 is 6.04 Å². The molecule has 4 heteroatoms. The van der Waals surface area contributed by atoms with Gasteiger partial charge in [-0.05, 0) is 25.5 Å². The number of fused-ring (bicyclic) bond motifs is 1. The lowest BCUT2D eigenvalue weighted by Crippen LogP contribution is -2.41. The number of amides is 2. The van der Waals surface area contributed by atoms with Crippen LogP contribution in [0.3, 0.4) is 0 Å². The van der Waals surface area contributed by atoms with Crippen LogP contribution in [-0.4, -0.2) is 34.5 Å². The minimum atomic E-state index is -0.428. The lowest BCUT2D eigenvalue weighted by molar-refractivity contribution is 0.0511. The number of hydrogen-bond acceptors (Lipinski definition) is 3. The van der Waals surface area contributed by atoms with Crippen molar-refractivity contribution in [3.8, 4) is 0 Å². The first-order valence-electron chi connectivity index (χ1n) is 5.69. The number of rotatable bonds is 3. The predicted molar refractivity (Wildman–Crippen MR) is 62.8 cm³/mol. The fourth-order valence-electron chi connectivity index (χ4n) is 2.10. The van der Waals surface area contributed by atoms with Crippen LogP contribution in [0.25, 0.3) is 0 Å². The van der Waals surface area contributed by atoms with Crippen molar-refractivity contribution >= 4 is 11.8 Å². The van der Waals surface area contributed by atoms with E-state index in [0.29, 0.717) is 17.5 Å². The summed E-state index contributed by atoms with van der Waals surface area (Å²) >= 11 is 0. The van der Waals surface area contributed by atoms with Gasteiger partial charge in [0.05, 0.1) is 23.8 Å². The van der Waals surface area contributed by atoms with Crippen molar-refractivity contribution in [2.45, 2.75) is 26.3 Å². The van der Waals surface area contributed by atoms with Gasteiger partial charge in [-0.3, -0.25) is 14.5 Å². The van der Waals surface area contributed by atoms with Crippen molar-refractivity contribution in [3.63, 3.8) is 0 Å². The number of carbonyl (C=O) groups is 2. The number of carbonyl (C=O) groups excluding carboxylic acids is 2. The molecule has 17 heavy (non-hydrogen) atoms. The van der Waals surface area contributed by atoms with Crippen LogP contribution in [0, 0.1) is 6.92 Å². The van der Waals surface area contributed by atoms with E-state index in [9.17, 15) is 14.7 Å². The molecule has 0 saturated heterocycles. The molecule has 0 saturated carbocycles. The van der Waals surface area contributed by atoms with E-state index in [2.05, 4.69) is 0 Å². The number of nitrogens with zero attached hydrogens (tertiary/aromatic N) is 1. The third kappa shape index (κ3) is 1.74. The van der Waals surface area contributed by atoms with Crippen LogP contribution in [0.2, 0.25) is 0 Å². The van der Waals surface area contributed by atoms with Crippen molar-refractivity contribution in [2.75, 3.05) is 6.61 Å². The maximum absolute atomic E-state index is 12.1. The molecule has 0 spiro atoms. The van der Waals surface area contributed by atoms with Gasteiger partial charge in [-0.25, -0.2) is 0 Å². The van der Waals surface area contributed by atoms with Crippen LogP contribution >= 0.6 is 0 Å². The number of aliphatic hydroxyl groups is 1. The molecular weight excluding hydrogens is 218 g/mol. The highest BCUT2D eigenvalue weighted by Gasteiger charge is 2.38. The topological polar surface area (TPSA) is 57.6 Å². The van der Waals surface area contributed by atoms with Gasteiger partial charge < -0.3 is 5.11 Å². The molecule has 0 radical (unpaired) electrons. The van der Waals surface area contributed by atoms with E-state index in [-0.39, 0.29) is 18.4 Å². The minimum absolute atomic E-state index is 0.194. The molecule has 1 heterocycles. The monoisotopic (exact) mass is 233 g/mol. The van der Waals surface area contributed by atoms with Crippen LogP contribution in [0.4, 0.5) is 0 Å². The number of benzene rings is 1. The number of aryl methyl sites for hydroxylation is 1. The molecule has 1 aliphatic rings. The maximum atomic E-state index is 12.1. The molecule has 4 nitrogen and oxygen atoms in total. The lowest BCUT2D eigenvalue weighted by Gasteiger charge is -2.22. The molecule has 1 atom stereocenters. The van der Waals surface area contributed by atoms with E-state index in [1.165, 1.54) is 4.90 Å². The van der Waals surface area contributed by atoms with Crippen molar-refractivity contribution < 1.29 is 14.7 Å². The summed E-state index contributed by atoms with van der Waals surface area (Å²) in [6.07, 6.45) is 0.556. The molecule has 1 aromatic carbocycles. The molecular formula is C13H15NO3. The van der Waals surface area contributed by atoms with Crippen LogP contribution in [0.1, 0.15) is 39.6 Å². The Bertz CT molecular complexity index is 478. The Morgan fingerprint density at radius 3 is 2.47 bits per heavy atom. The van der Waals surface area contributed by atoms with Crippen molar-refractivity contribution in [1.82, 2.24) is 4.90 Å². The average Bonchev–Trinajstić information content (AvgIpc) is 2.56. The molecule has 1 aromatic rings. The SMILES string of the molecule is CC[C@H](CO)N1C(=O)c2ccc(C)cc2C1=O. The summed E-state index contributed by atoms with van der Waals surface area (Å²) in [5.41, 5.74) is 1.83. The highest BCUT2D eigenvalue weighted by atomic mass is 16.3. The fourth-order valence-corrected chi connectivity index (χ4v) is 2.10. The largest absolute Gasteiger partial charge is 0.394 e. The average molecular weight is 233 g/mol. The van der Waals surface area contributed by atoms with E-state index >= 15 is 0 Å². The predicted octanol–water partition coefficient (Wildman–Crippen LogP) is 1.36. The Morgan fingerprint density at radius 1 is 1.24 bits per heavy atom. The number of imide groups is 1. The molecule has 1 N–H and O–H groups in total. The zero-order valence-corrected chi connectivity index (χ0v) is 9.93. The third-order valence-electron chi connectivity index (χ3n) is 3.12. The van der Waals surface area contributed by atoms with Gasteiger partial charge >= 0.3 is 0 Å². The Labute approximate surface area is 99.9 Å². The van der Waals surface area contributed by atoms with Gasteiger partial charge in [0.1, 0.15) is 0 Å². The molecule has 2 amide bonds. The molecule has 0 unspecified atom stereocenters. The van der Waals surface area contributed by atoms with E-state index in [1.807, 2.05) is 19.9 Å². The summed E-state index contributed by atoms with van der Waals surface area (Å²) in [6, 6.07) is 4.78. The zero-order valence-electron chi connectivity index (χ0n) is 9.93. The zero-order chi connectivity index (χ0) is 12.6. The Hall–Kier alpha value is -1.68. The molecule has 90 valence electrons. The van der Waals surface area contributed by atoms with Gasteiger partial charge in [-0.15, -0.1) is 0 Å². The summed E-state index contributed by atoms with van der Waals surface area (Å²) in [7, 11) is 0. The molecule has 2 rings (SSSR count). The van der Waals surface area contributed by atoms with Crippen molar-refractivity contribution in [1.29, 1.82) is 0 Å². The molecule has 1 aliphatic heterocycles. The van der Waals surface area contributed by atoms with E-state index in [1.54, 1.807) is 12.1 Å². The van der Waals surface area contributed by atoms with Crippen LogP contribution < -0.4 is 0 Å². The standard InChI is InChI=1S/C13H15NO3/c1-3-9(7-15)14-12(16)10-5-4-8(2)6-11(10)13(14)17/h4-6,9,15H,3,7H2,1-2H3/t9-/m1/s1. The molecule has 0 aliphatic carbocycles. The highest BCUT2D eigenvalue weighted by molar-refractivity contribution is 6.21. The summed E-state index contributed by atoms with van der Waals surface area (Å²) < 4.78 is 0. The quantitative estimate of drug-likeness (QED) is 0.802. The minimum Gasteiger partial charge on any atom is -0.394 e. The summed E-state index contributed by atoms with van der Waals surface area (Å²) in [5, 5.41) is 9.21. The van der Waals surface area contributed by atoms with Gasteiger partial charge in [0.2, 0.25) is 0 Å². The molecule has 0 bridgehead atoms. The third-order valence-corrected chi connectivity index (χ3v) is 3.12. The molecule has 0 aromatic heterocycles. The first-order chi connectivity index (χ1) is 8.10. The van der Waals surface area contributed by atoms with E-state index in [0.717, 1.165) is 5.56 Å². The lowest BCUT2D eigenvalue weighted by atomic mass is 10.1. The van der Waals surface area contributed by atoms with Gasteiger partial charge in [0, 0.05) is 0 Å². The summed E-state index contributed by atoms with van der Waals surface area (Å²) in [4.78, 5) is 25.4. The van der Waals surface area contributed by atoms with Gasteiger partial charge in [0.15, 0.2) is 0 Å². The number of hydrogen-bond donors (Lipinski definition) is 1. The van der Waals surface area contributed by atoms with Crippen LogP contribution in [0.15, 0.2) is 18.2 Å². The first-order valence-corrected chi connectivity index (χ1v) is 5.69. The second-order valence-electron chi connectivity index (χ2n) is 4.27.